The highest BCUT2D eigenvalue weighted by Gasteiger charge is 2.11. The summed E-state index contributed by atoms with van der Waals surface area (Å²) in [7, 11) is 0. The maximum atomic E-state index is 10.3. The monoisotopic (exact) mass is 242 g/mol. The molecule has 2 heteroatoms. The minimum absolute atomic E-state index is 0.250. The lowest BCUT2D eigenvalue weighted by atomic mass is 9.96. The number of aromatic hydroxyl groups is 1. The summed E-state index contributed by atoms with van der Waals surface area (Å²) >= 11 is 0. The zero-order valence-electron chi connectivity index (χ0n) is 10.7. The van der Waals surface area contributed by atoms with Gasteiger partial charge in [0.1, 0.15) is 5.75 Å². The van der Waals surface area contributed by atoms with Gasteiger partial charge in [0, 0.05) is 6.42 Å². The molecule has 2 rings (SSSR count). The van der Waals surface area contributed by atoms with E-state index in [2.05, 4.69) is 6.07 Å². The zero-order chi connectivity index (χ0) is 13.1. The van der Waals surface area contributed by atoms with Crippen LogP contribution in [0.2, 0.25) is 0 Å². The standard InChI is InChI=1S/C16H18O2/c1-11-3-8-15(12(2)9-11)16(18)10-13-4-6-14(17)7-5-13/h3-9,16-18H,10H2,1-2H3. The molecule has 0 fully saturated rings. The highest BCUT2D eigenvalue weighted by Crippen LogP contribution is 2.23. The number of aliphatic hydroxyl groups excluding tert-OH is 1. The average Bonchev–Trinajstić information content (AvgIpc) is 2.32. The second-order valence-electron chi connectivity index (χ2n) is 4.75. The van der Waals surface area contributed by atoms with Crippen LogP contribution in [0.25, 0.3) is 0 Å². The van der Waals surface area contributed by atoms with Crippen molar-refractivity contribution in [1.29, 1.82) is 0 Å². The van der Waals surface area contributed by atoms with Crippen LogP contribution in [0.3, 0.4) is 0 Å². The van der Waals surface area contributed by atoms with Crippen LogP contribution in [0.4, 0.5) is 0 Å². The van der Waals surface area contributed by atoms with E-state index in [4.69, 9.17) is 0 Å². The van der Waals surface area contributed by atoms with Crippen molar-refractivity contribution in [2.24, 2.45) is 0 Å². The van der Waals surface area contributed by atoms with Crippen LogP contribution >= 0.6 is 0 Å². The predicted octanol–water partition coefficient (Wildman–Crippen LogP) is 3.29. The average molecular weight is 242 g/mol. The lowest BCUT2D eigenvalue weighted by molar-refractivity contribution is 0.177. The summed E-state index contributed by atoms with van der Waals surface area (Å²) in [6.45, 7) is 4.06. The Labute approximate surface area is 108 Å². The Kier molecular flexibility index (Phi) is 3.68. The third-order valence-electron chi connectivity index (χ3n) is 3.15. The van der Waals surface area contributed by atoms with Crippen molar-refractivity contribution in [2.45, 2.75) is 26.4 Å². The van der Waals surface area contributed by atoms with Gasteiger partial charge in [-0.2, -0.15) is 0 Å². The van der Waals surface area contributed by atoms with E-state index in [-0.39, 0.29) is 5.75 Å². The quantitative estimate of drug-likeness (QED) is 0.867. The Morgan fingerprint density at radius 2 is 1.67 bits per heavy atom. The molecule has 0 aliphatic heterocycles. The van der Waals surface area contributed by atoms with Gasteiger partial charge in [0.05, 0.1) is 6.10 Å². The van der Waals surface area contributed by atoms with E-state index in [9.17, 15) is 10.2 Å². The van der Waals surface area contributed by atoms with E-state index in [0.717, 1.165) is 16.7 Å². The van der Waals surface area contributed by atoms with Crippen molar-refractivity contribution in [3.8, 4) is 5.75 Å². The summed E-state index contributed by atoms with van der Waals surface area (Å²) in [5.74, 6) is 0.250. The van der Waals surface area contributed by atoms with Crippen molar-refractivity contribution in [2.75, 3.05) is 0 Å². The van der Waals surface area contributed by atoms with Gasteiger partial charge in [0.25, 0.3) is 0 Å². The number of phenolic OH excluding ortho intramolecular Hbond substituents is 1. The molecule has 0 spiro atoms. The Morgan fingerprint density at radius 1 is 1.00 bits per heavy atom. The molecule has 0 saturated heterocycles. The van der Waals surface area contributed by atoms with Crippen LogP contribution in [0.1, 0.15) is 28.4 Å². The molecule has 0 aliphatic rings. The summed E-state index contributed by atoms with van der Waals surface area (Å²) in [4.78, 5) is 0. The lowest BCUT2D eigenvalue weighted by Gasteiger charge is -2.14. The second kappa shape index (κ2) is 5.23. The molecule has 94 valence electrons. The van der Waals surface area contributed by atoms with Crippen LogP contribution in [0.15, 0.2) is 42.5 Å². The number of benzene rings is 2. The van der Waals surface area contributed by atoms with Gasteiger partial charge in [0.2, 0.25) is 0 Å². The first-order valence-electron chi connectivity index (χ1n) is 6.09. The third kappa shape index (κ3) is 2.90. The van der Waals surface area contributed by atoms with Crippen molar-refractivity contribution in [1.82, 2.24) is 0 Å². The summed E-state index contributed by atoms with van der Waals surface area (Å²) < 4.78 is 0. The molecule has 2 nitrogen and oxygen atoms in total. The molecule has 2 aromatic rings. The Bertz CT molecular complexity index is 529. The number of aryl methyl sites for hydroxylation is 2. The summed E-state index contributed by atoms with van der Waals surface area (Å²) in [6, 6.07) is 13.0. The van der Waals surface area contributed by atoms with Crippen molar-refractivity contribution in [3.05, 3.63) is 64.7 Å². The lowest BCUT2D eigenvalue weighted by Crippen LogP contribution is -2.04. The summed E-state index contributed by atoms with van der Waals surface area (Å²) in [5.41, 5.74) is 4.29. The molecule has 0 saturated carbocycles. The fourth-order valence-corrected chi connectivity index (χ4v) is 2.16. The Hall–Kier alpha value is -1.80. The van der Waals surface area contributed by atoms with Gasteiger partial charge in [-0.05, 0) is 42.7 Å². The number of aliphatic hydroxyl groups is 1. The third-order valence-corrected chi connectivity index (χ3v) is 3.15. The summed E-state index contributed by atoms with van der Waals surface area (Å²) in [6.07, 6.45) is 0.0552. The topological polar surface area (TPSA) is 40.5 Å². The Morgan fingerprint density at radius 3 is 2.28 bits per heavy atom. The van der Waals surface area contributed by atoms with E-state index in [1.165, 1.54) is 5.56 Å². The second-order valence-corrected chi connectivity index (χ2v) is 4.75. The minimum atomic E-state index is -0.504. The molecule has 1 atom stereocenters. The molecule has 0 heterocycles. The number of rotatable bonds is 3. The van der Waals surface area contributed by atoms with E-state index >= 15 is 0 Å². The molecular weight excluding hydrogens is 224 g/mol. The zero-order valence-corrected chi connectivity index (χ0v) is 10.7. The first-order chi connectivity index (χ1) is 8.56. The van der Waals surface area contributed by atoms with Gasteiger partial charge in [0.15, 0.2) is 0 Å². The van der Waals surface area contributed by atoms with Crippen LogP contribution < -0.4 is 0 Å². The molecule has 2 aromatic carbocycles. The van der Waals surface area contributed by atoms with E-state index in [1.54, 1.807) is 12.1 Å². The SMILES string of the molecule is Cc1ccc(C(O)Cc2ccc(O)cc2)c(C)c1. The van der Waals surface area contributed by atoms with E-state index in [1.807, 2.05) is 38.1 Å². The normalized spacial score (nSPS) is 12.4. The summed E-state index contributed by atoms with van der Waals surface area (Å²) in [5, 5.41) is 19.5. The fraction of sp³-hybridized carbons (Fsp3) is 0.250. The van der Waals surface area contributed by atoms with Crippen LogP contribution in [-0.2, 0) is 6.42 Å². The number of hydrogen-bond acceptors (Lipinski definition) is 2. The maximum absolute atomic E-state index is 10.3. The molecular formula is C16H18O2. The molecule has 18 heavy (non-hydrogen) atoms. The van der Waals surface area contributed by atoms with Crippen molar-refractivity contribution in [3.63, 3.8) is 0 Å². The first kappa shape index (κ1) is 12.7. The van der Waals surface area contributed by atoms with E-state index < -0.39 is 6.10 Å². The molecule has 0 radical (unpaired) electrons. The van der Waals surface area contributed by atoms with Crippen molar-refractivity contribution >= 4 is 0 Å². The maximum Gasteiger partial charge on any atom is 0.115 e. The smallest absolute Gasteiger partial charge is 0.115 e. The Balaban J connectivity index is 2.16. The van der Waals surface area contributed by atoms with Gasteiger partial charge in [-0.25, -0.2) is 0 Å². The van der Waals surface area contributed by atoms with Crippen LogP contribution in [0, 0.1) is 13.8 Å². The van der Waals surface area contributed by atoms with Gasteiger partial charge in [-0.1, -0.05) is 35.9 Å². The molecule has 0 aliphatic carbocycles. The highest BCUT2D eigenvalue weighted by atomic mass is 16.3. The van der Waals surface area contributed by atoms with Crippen molar-refractivity contribution < 1.29 is 10.2 Å². The van der Waals surface area contributed by atoms with Gasteiger partial charge < -0.3 is 10.2 Å². The van der Waals surface area contributed by atoms with Gasteiger partial charge in [-0.3, -0.25) is 0 Å². The number of phenols is 1. The largest absolute Gasteiger partial charge is 0.508 e. The molecule has 0 bridgehead atoms. The number of hydrogen-bond donors (Lipinski definition) is 2. The van der Waals surface area contributed by atoms with Crippen LogP contribution in [0.5, 0.6) is 5.75 Å². The van der Waals surface area contributed by atoms with Crippen LogP contribution in [-0.4, -0.2) is 10.2 Å². The highest BCUT2D eigenvalue weighted by molar-refractivity contribution is 5.34. The fourth-order valence-electron chi connectivity index (χ4n) is 2.16. The first-order valence-corrected chi connectivity index (χ1v) is 6.09. The minimum Gasteiger partial charge on any atom is -0.508 e. The van der Waals surface area contributed by atoms with Gasteiger partial charge in [-0.15, -0.1) is 0 Å². The molecule has 1 unspecified atom stereocenters. The van der Waals surface area contributed by atoms with E-state index in [0.29, 0.717) is 6.42 Å². The van der Waals surface area contributed by atoms with Gasteiger partial charge >= 0.3 is 0 Å². The molecule has 0 aromatic heterocycles. The molecule has 0 amide bonds. The predicted molar refractivity (Wildman–Crippen MR) is 72.7 cm³/mol. The molecule has 2 N–H and O–H groups in total.